The zero-order valence-electron chi connectivity index (χ0n) is 9.39. The Morgan fingerprint density at radius 2 is 1.63 bits per heavy atom. The number of imide groups is 1. The van der Waals surface area contributed by atoms with Crippen LogP contribution in [0.4, 0.5) is 5.69 Å². The van der Waals surface area contributed by atoms with Gasteiger partial charge in [0.25, 0.3) is 0 Å². The second kappa shape index (κ2) is 3.95. The van der Waals surface area contributed by atoms with Gasteiger partial charge in [-0.25, -0.2) is 9.69 Å². The van der Waals surface area contributed by atoms with E-state index in [4.69, 9.17) is 28.3 Å². The molecule has 1 N–H and O–H groups in total. The molecular weight excluding hydrogens is 293 g/mol. The van der Waals surface area contributed by atoms with E-state index >= 15 is 0 Å². The van der Waals surface area contributed by atoms with Crippen molar-refractivity contribution in [2.45, 2.75) is 6.42 Å². The number of carboxylic acids is 1. The highest BCUT2D eigenvalue weighted by Crippen LogP contribution is 2.50. The third kappa shape index (κ3) is 1.73. The number of carbonyl (C=O) groups excluding carboxylic acids is 2. The average Bonchev–Trinajstić information content (AvgIpc) is 3.07. The van der Waals surface area contributed by atoms with Crippen LogP contribution in [0.1, 0.15) is 16.8 Å². The van der Waals surface area contributed by atoms with E-state index in [1.807, 2.05) is 0 Å². The van der Waals surface area contributed by atoms with Crippen LogP contribution in [0.25, 0.3) is 0 Å². The fourth-order valence-corrected chi connectivity index (χ4v) is 2.96. The maximum Gasteiger partial charge on any atom is 0.335 e. The zero-order chi connectivity index (χ0) is 13.9. The van der Waals surface area contributed by atoms with Crippen molar-refractivity contribution in [1.29, 1.82) is 0 Å². The van der Waals surface area contributed by atoms with Crippen LogP contribution < -0.4 is 4.90 Å². The predicted molar refractivity (Wildman–Crippen MR) is 67.5 cm³/mol. The number of aromatic carboxylic acids is 1. The smallest absolute Gasteiger partial charge is 0.335 e. The number of anilines is 1. The molecule has 1 aromatic carbocycles. The van der Waals surface area contributed by atoms with E-state index in [-0.39, 0.29) is 44.9 Å². The first kappa shape index (κ1) is 12.4. The van der Waals surface area contributed by atoms with Crippen LogP contribution in [0, 0.1) is 11.8 Å². The monoisotopic (exact) mass is 299 g/mol. The molecule has 2 aliphatic rings. The summed E-state index contributed by atoms with van der Waals surface area (Å²) >= 11 is 11.9. The number of hydrogen-bond acceptors (Lipinski definition) is 3. The van der Waals surface area contributed by atoms with Gasteiger partial charge in [-0.05, 0) is 18.6 Å². The minimum absolute atomic E-state index is 0.0205. The largest absolute Gasteiger partial charge is 0.478 e. The van der Waals surface area contributed by atoms with Crippen LogP contribution in [0.5, 0.6) is 0 Å². The van der Waals surface area contributed by atoms with E-state index in [0.717, 1.165) is 4.90 Å². The summed E-state index contributed by atoms with van der Waals surface area (Å²) < 4.78 is 0. The molecule has 7 heteroatoms. The Bertz CT molecular complexity index is 600. The maximum absolute atomic E-state index is 12.0. The lowest BCUT2D eigenvalue weighted by Crippen LogP contribution is -2.33. The van der Waals surface area contributed by atoms with Crippen LogP contribution in [-0.4, -0.2) is 22.9 Å². The molecule has 0 radical (unpaired) electrons. The first-order chi connectivity index (χ1) is 8.91. The Labute approximate surface area is 117 Å². The van der Waals surface area contributed by atoms with Crippen LogP contribution in [-0.2, 0) is 9.59 Å². The van der Waals surface area contributed by atoms with Crippen LogP contribution in [0.2, 0.25) is 10.0 Å². The molecule has 3 rings (SSSR count). The summed E-state index contributed by atoms with van der Waals surface area (Å²) in [6, 6.07) is 2.35. The lowest BCUT2D eigenvalue weighted by molar-refractivity contribution is -0.123. The number of hydrogen-bond donors (Lipinski definition) is 1. The molecule has 2 unspecified atom stereocenters. The predicted octanol–water partition coefficient (Wildman–Crippen LogP) is 2.20. The first-order valence-corrected chi connectivity index (χ1v) is 6.27. The molecule has 1 saturated carbocycles. The quantitative estimate of drug-likeness (QED) is 0.850. The average molecular weight is 300 g/mol. The number of benzene rings is 1. The molecule has 1 heterocycles. The highest BCUT2D eigenvalue weighted by molar-refractivity contribution is 6.43. The highest BCUT2D eigenvalue weighted by Gasteiger charge is 2.59. The van der Waals surface area contributed by atoms with Crippen molar-refractivity contribution >= 4 is 46.7 Å². The Morgan fingerprint density at radius 3 is 2.05 bits per heavy atom. The van der Waals surface area contributed by atoms with Gasteiger partial charge in [0, 0.05) is 0 Å². The molecule has 1 aliphatic heterocycles. The van der Waals surface area contributed by atoms with Gasteiger partial charge in [-0.2, -0.15) is 0 Å². The molecule has 0 spiro atoms. The van der Waals surface area contributed by atoms with Gasteiger partial charge >= 0.3 is 5.97 Å². The van der Waals surface area contributed by atoms with Crippen molar-refractivity contribution < 1.29 is 19.5 Å². The van der Waals surface area contributed by atoms with Crippen molar-refractivity contribution in [2.75, 3.05) is 4.90 Å². The topological polar surface area (TPSA) is 74.7 Å². The summed E-state index contributed by atoms with van der Waals surface area (Å²) in [5.74, 6) is -2.35. The fourth-order valence-electron chi connectivity index (χ4n) is 2.30. The summed E-state index contributed by atoms with van der Waals surface area (Å²) in [5, 5.41) is 8.84. The Kier molecular flexibility index (Phi) is 2.59. The number of fused-ring (bicyclic) bond motifs is 1. The molecule has 0 aromatic heterocycles. The lowest BCUT2D eigenvalue weighted by Gasteiger charge is -2.19. The van der Waals surface area contributed by atoms with Gasteiger partial charge in [-0.1, -0.05) is 23.2 Å². The van der Waals surface area contributed by atoms with Gasteiger partial charge in [-0.15, -0.1) is 0 Å². The highest BCUT2D eigenvalue weighted by atomic mass is 35.5. The number of halogens is 2. The van der Waals surface area contributed by atoms with E-state index < -0.39 is 5.97 Å². The fraction of sp³-hybridized carbons (Fsp3) is 0.250. The number of piperidine rings is 1. The normalized spacial score (nSPS) is 24.6. The van der Waals surface area contributed by atoms with Crippen LogP contribution in [0.3, 0.4) is 0 Å². The van der Waals surface area contributed by atoms with Gasteiger partial charge < -0.3 is 5.11 Å². The SMILES string of the molecule is O=C(O)c1cc(Cl)c(N2C(=O)C3CC3C2=O)c(Cl)c1. The molecule has 19 heavy (non-hydrogen) atoms. The van der Waals surface area contributed by atoms with Crippen molar-refractivity contribution in [3.63, 3.8) is 0 Å². The van der Waals surface area contributed by atoms with Gasteiger partial charge in [-0.3, -0.25) is 9.59 Å². The van der Waals surface area contributed by atoms with E-state index in [1.165, 1.54) is 12.1 Å². The molecular formula is C12H7Cl2NO4. The van der Waals surface area contributed by atoms with Crippen LogP contribution in [0.15, 0.2) is 12.1 Å². The molecule has 2 atom stereocenters. The number of carbonyl (C=O) groups is 3. The molecule has 2 amide bonds. The minimum Gasteiger partial charge on any atom is -0.478 e. The Hall–Kier alpha value is -1.59. The number of amides is 2. The van der Waals surface area contributed by atoms with E-state index in [9.17, 15) is 14.4 Å². The third-order valence-corrected chi connectivity index (χ3v) is 3.93. The zero-order valence-corrected chi connectivity index (χ0v) is 10.9. The van der Waals surface area contributed by atoms with Crippen molar-refractivity contribution in [3.8, 4) is 0 Å². The second-order valence-corrected chi connectivity index (χ2v) is 5.37. The van der Waals surface area contributed by atoms with Crippen LogP contribution >= 0.6 is 23.2 Å². The summed E-state index contributed by atoms with van der Waals surface area (Å²) in [4.78, 5) is 35.7. The van der Waals surface area contributed by atoms with Gasteiger partial charge in [0.15, 0.2) is 0 Å². The molecule has 1 aliphatic carbocycles. The summed E-state index contributed by atoms with van der Waals surface area (Å²) in [6.45, 7) is 0. The third-order valence-electron chi connectivity index (χ3n) is 3.35. The summed E-state index contributed by atoms with van der Waals surface area (Å²) in [6.07, 6.45) is 0.580. The molecule has 5 nitrogen and oxygen atoms in total. The molecule has 0 bridgehead atoms. The van der Waals surface area contributed by atoms with E-state index in [1.54, 1.807) is 0 Å². The number of carboxylic acid groups (broad SMARTS) is 1. The Morgan fingerprint density at radius 1 is 1.16 bits per heavy atom. The van der Waals surface area contributed by atoms with Crippen molar-refractivity contribution in [1.82, 2.24) is 0 Å². The standard InChI is InChI=1S/C12H7Cl2NO4/c13-7-1-4(12(18)19)2-8(14)9(7)15-10(16)5-3-6(5)11(15)17/h1-2,5-6H,3H2,(H,18,19). The minimum atomic E-state index is -1.18. The van der Waals surface area contributed by atoms with Gasteiger partial charge in [0.1, 0.15) is 0 Å². The maximum atomic E-state index is 12.0. The number of rotatable bonds is 2. The second-order valence-electron chi connectivity index (χ2n) is 4.55. The van der Waals surface area contributed by atoms with E-state index in [0.29, 0.717) is 6.42 Å². The Balaban J connectivity index is 2.09. The molecule has 1 saturated heterocycles. The molecule has 2 fully saturated rings. The van der Waals surface area contributed by atoms with Gasteiger partial charge in [0.2, 0.25) is 11.8 Å². The number of nitrogens with zero attached hydrogens (tertiary/aromatic N) is 1. The van der Waals surface area contributed by atoms with E-state index in [2.05, 4.69) is 0 Å². The summed E-state index contributed by atoms with van der Waals surface area (Å²) in [5.41, 5.74) is -0.0152. The molecule has 98 valence electrons. The first-order valence-electron chi connectivity index (χ1n) is 5.52. The molecule has 1 aromatic rings. The lowest BCUT2D eigenvalue weighted by atomic mass is 10.2. The summed E-state index contributed by atoms with van der Waals surface area (Å²) in [7, 11) is 0. The van der Waals surface area contributed by atoms with Gasteiger partial charge in [0.05, 0.1) is 33.1 Å². The van der Waals surface area contributed by atoms with Crippen molar-refractivity contribution in [3.05, 3.63) is 27.7 Å². The van der Waals surface area contributed by atoms with Crippen molar-refractivity contribution in [2.24, 2.45) is 11.8 Å².